The van der Waals surface area contributed by atoms with E-state index in [1.807, 2.05) is 4.90 Å². The zero-order valence-electron chi connectivity index (χ0n) is 11.8. The molecule has 2 rings (SSSR count). The van der Waals surface area contributed by atoms with Crippen LogP contribution in [0.15, 0.2) is 0 Å². The SMILES string of the molecule is CC1CCCN(C(=O)NC2CCCC2C(=O)O)C1C. The Balaban J connectivity index is 1.95. The first-order valence-corrected chi connectivity index (χ1v) is 7.30. The predicted octanol–water partition coefficient (Wildman–Crippen LogP) is 2.07. The lowest BCUT2D eigenvalue weighted by Gasteiger charge is -2.38. The van der Waals surface area contributed by atoms with Crippen molar-refractivity contribution in [2.45, 2.75) is 58.0 Å². The van der Waals surface area contributed by atoms with Gasteiger partial charge in [-0.2, -0.15) is 0 Å². The molecule has 0 aromatic rings. The van der Waals surface area contributed by atoms with Gasteiger partial charge < -0.3 is 15.3 Å². The Kier molecular flexibility index (Phi) is 4.32. The van der Waals surface area contributed by atoms with Gasteiger partial charge in [0.1, 0.15) is 0 Å². The first-order chi connectivity index (χ1) is 9.00. The zero-order valence-corrected chi connectivity index (χ0v) is 11.8. The maximum Gasteiger partial charge on any atom is 0.317 e. The molecule has 0 aromatic heterocycles. The van der Waals surface area contributed by atoms with Crippen LogP contribution >= 0.6 is 0 Å². The second-order valence-electron chi connectivity index (χ2n) is 5.99. The number of rotatable bonds is 2. The van der Waals surface area contributed by atoms with E-state index < -0.39 is 11.9 Å². The van der Waals surface area contributed by atoms with Crippen molar-refractivity contribution in [3.63, 3.8) is 0 Å². The molecular formula is C14H24N2O3. The van der Waals surface area contributed by atoms with Gasteiger partial charge >= 0.3 is 12.0 Å². The minimum absolute atomic E-state index is 0.0859. The Morgan fingerprint density at radius 2 is 1.89 bits per heavy atom. The molecule has 1 saturated heterocycles. The van der Waals surface area contributed by atoms with Crippen LogP contribution < -0.4 is 5.32 Å². The highest BCUT2D eigenvalue weighted by Gasteiger charge is 2.36. The largest absolute Gasteiger partial charge is 0.481 e. The van der Waals surface area contributed by atoms with Crippen LogP contribution in [0.5, 0.6) is 0 Å². The zero-order chi connectivity index (χ0) is 14.0. The van der Waals surface area contributed by atoms with Gasteiger partial charge in [-0.25, -0.2) is 4.79 Å². The predicted molar refractivity (Wildman–Crippen MR) is 71.9 cm³/mol. The van der Waals surface area contributed by atoms with Crippen molar-refractivity contribution in [1.29, 1.82) is 0 Å². The first kappa shape index (κ1) is 14.2. The normalized spacial score (nSPS) is 35.2. The van der Waals surface area contributed by atoms with Gasteiger partial charge in [0.2, 0.25) is 0 Å². The second kappa shape index (κ2) is 5.80. The minimum Gasteiger partial charge on any atom is -0.481 e. The molecule has 0 aromatic carbocycles. The fourth-order valence-corrected chi connectivity index (χ4v) is 3.29. The van der Waals surface area contributed by atoms with E-state index in [4.69, 9.17) is 5.11 Å². The van der Waals surface area contributed by atoms with Gasteiger partial charge in [-0.05, 0) is 38.5 Å². The molecule has 2 N–H and O–H groups in total. The third-order valence-corrected chi connectivity index (χ3v) is 4.78. The summed E-state index contributed by atoms with van der Waals surface area (Å²) in [5.41, 5.74) is 0. The van der Waals surface area contributed by atoms with Gasteiger partial charge in [-0.3, -0.25) is 4.79 Å². The van der Waals surface area contributed by atoms with Crippen molar-refractivity contribution in [2.75, 3.05) is 6.54 Å². The van der Waals surface area contributed by atoms with Gasteiger partial charge in [0, 0.05) is 18.6 Å². The standard InChI is InChI=1S/C14H24N2O3/c1-9-5-4-8-16(10(9)2)14(19)15-12-7-3-6-11(12)13(17)18/h9-12H,3-8H2,1-2H3,(H,15,19)(H,17,18). The summed E-state index contributed by atoms with van der Waals surface area (Å²) in [6.45, 7) is 5.02. The van der Waals surface area contributed by atoms with Gasteiger partial charge in [-0.1, -0.05) is 13.3 Å². The number of carboxylic acids is 1. The summed E-state index contributed by atoms with van der Waals surface area (Å²) in [6, 6.07) is -0.0509. The number of hydrogen-bond acceptors (Lipinski definition) is 2. The second-order valence-corrected chi connectivity index (χ2v) is 5.99. The van der Waals surface area contributed by atoms with E-state index in [0.717, 1.165) is 32.2 Å². The van der Waals surface area contributed by atoms with Crippen LogP contribution in [0.25, 0.3) is 0 Å². The molecule has 0 spiro atoms. The molecule has 0 bridgehead atoms. The van der Waals surface area contributed by atoms with Crippen molar-refractivity contribution in [3.8, 4) is 0 Å². The lowest BCUT2D eigenvalue weighted by atomic mass is 9.92. The molecule has 19 heavy (non-hydrogen) atoms. The molecular weight excluding hydrogens is 244 g/mol. The lowest BCUT2D eigenvalue weighted by Crippen LogP contribution is -2.53. The van der Waals surface area contributed by atoms with Crippen LogP contribution in [-0.4, -0.2) is 40.6 Å². The quantitative estimate of drug-likeness (QED) is 0.805. The highest BCUT2D eigenvalue weighted by Crippen LogP contribution is 2.27. The topological polar surface area (TPSA) is 69.6 Å². The number of carbonyl (C=O) groups excluding carboxylic acids is 1. The van der Waals surface area contributed by atoms with Crippen LogP contribution in [0.1, 0.15) is 46.0 Å². The molecule has 5 nitrogen and oxygen atoms in total. The van der Waals surface area contributed by atoms with E-state index in [2.05, 4.69) is 19.2 Å². The van der Waals surface area contributed by atoms with E-state index in [-0.39, 0.29) is 18.1 Å². The Bertz CT molecular complexity index is 359. The van der Waals surface area contributed by atoms with Crippen molar-refractivity contribution < 1.29 is 14.7 Å². The number of likely N-dealkylation sites (tertiary alicyclic amines) is 1. The highest BCUT2D eigenvalue weighted by molar-refractivity contribution is 5.77. The van der Waals surface area contributed by atoms with Gasteiger partial charge in [0.05, 0.1) is 5.92 Å². The monoisotopic (exact) mass is 268 g/mol. The van der Waals surface area contributed by atoms with E-state index in [1.165, 1.54) is 0 Å². The summed E-state index contributed by atoms with van der Waals surface area (Å²) in [5, 5.41) is 12.1. The van der Waals surface area contributed by atoms with Crippen LogP contribution in [0.2, 0.25) is 0 Å². The maximum absolute atomic E-state index is 12.3. The van der Waals surface area contributed by atoms with Crippen molar-refractivity contribution in [2.24, 2.45) is 11.8 Å². The molecule has 2 aliphatic rings. The van der Waals surface area contributed by atoms with Crippen LogP contribution in [0.4, 0.5) is 4.79 Å². The number of aliphatic carboxylic acids is 1. The van der Waals surface area contributed by atoms with E-state index in [9.17, 15) is 9.59 Å². The number of carbonyl (C=O) groups is 2. The number of nitrogens with one attached hydrogen (secondary N) is 1. The molecule has 2 fully saturated rings. The summed E-state index contributed by atoms with van der Waals surface area (Å²) >= 11 is 0. The lowest BCUT2D eigenvalue weighted by molar-refractivity contribution is -0.142. The average Bonchev–Trinajstić information content (AvgIpc) is 2.80. The Morgan fingerprint density at radius 1 is 1.16 bits per heavy atom. The van der Waals surface area contributed by atoms with Crippen LogP contribution in [-0.2, 0) is 4.79 Å². The highest BCUT2D eigenvalue weighted by atomic mass is 16.4. The Morgan fingerprint density at radius 3 is 2.58 bits per heavy atom. The number of amides is 2. The minimum atomic E-state index is -0.789. The Labute approximate surface area is 114 Å². The maximum atomic E-state index is 12.3. The summed E-state index contributed by atoms with van der Waals surface area (Å²) in [4.78, 5) is 25.3. The molecule has 0 radical (unpaired) electrons. The van der Waals surface area contributed by atoms with E-state index in [0.29, 0.717) is 12.3 Å². The number of piperidine rings is 1. The number of carboxylic acid groups (broad SMARTS) is 1. The van der Waals surface area contributed by atoms with Gasteiger partial charge in [0.25, 0.3) is 0 Å². The fourth-order valence-electron chi connectivity index (χ4n) is 3.29. The van der Waals surface area contributed by atoms with Crippen LogP contribution in [0, 0.1) is 11.8 Å². The molecule has 4 unspecified atom stereocenters. The summed E-state index contributed by atoms with van der Waals surface area (Å²) in [7, 11) is 0. The molecule has 1 saturated carbocycles. The Hall–Kier alpha value is -1.26. The molecule has 1 heterocycles. The smallest absolute Gasteiger partial charge is 0.317 e. The number of urea groups is 1. The summed E-state index contributed by atoms with van der Waals surface area (Å²) in [5.74, 6) is -0.692. The molecule has 4 atom stereocenters. The van der Waals surface area contributed by atoms with Crippen LogP contribution in [0.3, 0.4) is 0 Å². The van der Waals surface area contributed by atoms with Crippen molar-refractivity contribution in [3.05, 3.63) is 0 Å². The number of nitrogens with zero attached hydrogens (tertiary/aromatic N) is 1. The molecule has 108 valence electrons. The summed E-state index contributed by atoms with van der Waals surface area (Å²) in [6.07, 6.45) is 4.53. The molecule has 5 heteroatoms. The van der Waals surface area contributed by atoms with Crippen molar-refractivity contribution >= 4 is 12.0 Å². The number of hydrogen-bond donors (Lipinski definition) is 2. The third-order valence-electron chi connectivity index (χ3n) is 4.78. The molecule has 2 amide bonds. The fraction of sp³-hybridized carbons (Fsp3) is 0.857. The van der Waals surface area contributed by atoms with Crippen molar-refractivity contribution in [1.82, 2.24) is 10.2 Å². The van der Waals surface area contributed by atoms with Gasteiger partial charge in [-0.15, -0.1) is 0 Å². The molecule has 1 aliphatic heterocycles. The third kappa shape index (κ3) is 3.01. The summed E-state index contributed by atoms with van der Waals surface area (Å²) < 4.78 is 0. The first-order valence-electron chi connectivity index (χ1n) is 7.30. The van der Waals surface area contributed by atoms with E-state index >= 15 is 0 Å². The van der Waals surface area contributed by atoms with E-state index in [1.54, 1.807) is 0 Å². The average molecular weight is 268 g/mol. The molecule has 1 aliphatic carbocycles. The van der Waals surface area contributed by atoms with Gasteiger partial charge in [0.15, 0.2) is 0 Å².